The minimum Gasteiger partial charge on any atom is -0.488 e. The molecule has 0 bridgehead atoms. The number of anilines is 1. The third-order valence-electron chi connectivity index (χ3n) is 4.64. The Bertz CT molecular complexity index is 939. The van der Waals surface area contributed by atoms with E-state index in [9.17, 15) is 14.9 Å². The van der Waals surface area contributed by atoms with E-state index in [1.807, 2.05) is 6.92 Å². The maximum absolute atomic E-state index is 12.5. The Morgan fingerprint density at radius 3 is 3.07 bits per heavy atom. The standard InChI is InChI=1S/C20H23N3O3S/c1-3-9-26-16-5-4-8-23(20(16)25)12-18(24)22-19-15(11-21)14-7-6-13(2)10-17(14)27-19/h4-5,8,13H,3,6-7,9-10,12H2,1-2H3,(H,22,24). The van der Waals surface area contributed by atoms with E-state index in [1.165, 1.54) is 20.8 Å². The van der Waals surface area contributed by atoms with Gasteiger partial charge in [0, 0.05) is 11.1 Å². The zero-order valence-electron chi connectivity index (χ0n) is 15.6. The predicted octanol–water partition coefficient (Wildman–Crippen LogP) is 3.33. The van der Waals surface area contributed by atoms with Gasteiger partial charge in [0.1, 0.15) is 17.6 Å². The van der Waals surface area contributed by atoms with Gasteiger partial charge in [-0.05, 0) is 49.3 Å². The van der Waals surface area contributed by atoms with Gasteiger partial charge in [-0.1, -0.05) is 13.8 Å². The van der Waals surface area contributed by atoms with Crippen LogP contribution in [0.25, 0.3) is 0 Å². The van der Waals surface area contributed by atoms with Crippen molar-refractivity contribution in [3.8, 4) is 11.8 Å². The van der Waals surface area contributed by atoms with E-state index in [2.05, 4.69) is 18.3 Å². The molecule has 0 spiro atoms. The monoisotopic (exact) mass is 385 g/mol. The molecule has 1 amide bonds. The summed E-state index contributed by atoms with van der Waals surface area (Å²) in [6.45, 7) is 4.50. The lowest BCUT2D eigenvalue weighted by Crippen LogP contribution is -2.28. The molecule has 1 aliphatic rings. The fourth-order valence-electron chi connectivity index (χ4n) is 3.24. The number of carbonyl (C=O) groups is 1. The largest absolute Gasteiger partial charge is 0.488 e. The van der Waals surface area contributed by atoms with E-state index in [-0.39, 0.29) is 23.8 Å². The van der Waals surface area contributed by atoms with E-state index >= 15 is 0 Å². The number of thiophene rings is 1. The average Bonchev–Trinajstić information content (AvgIpc) is 2.98. The Kier molecular flexibility index (Phi) is 5.97. The molecule has 1 aliphatic carbocycles. The second-order valence-electron chi connectivity index (χ2n) is 6.87. The number of aromatic nitrogens is 1. The van der Waals surface area contributed by atoms with Gasteiger partial charge in [-0.2, -0.15) is 5.26 Å². The highest BCUT2D eigenvalue weighted by atomic mass is 32.1. The Labute approximate surface area is 162 Å². The number of nitriles is 1. The molecule has 2 heterocycles. The fraction of sp³-hybridized carbons (Fsp3) is 0.450. The molecule has 7 heteroatoms. The molecule has 0 aromatic carbocycles. The summed E-state index contributed by atoms with van der Waals surface area (Å²) >= 11 is 1.48. The summed E-state index contributed by atoms with van der Waals surface area (Å²) in [5.41, 5.74) is 1.31. The van der Waals surface area contributed by atoms with Gasteiger partial charge in [-0.25, -0.2) is 0 Å². The second-order valence-corrected chi connectivity index (χ2v) is 7.97. The molecular formula is C20H23N3O3S. The molecule has 27 heavy (non-hydrogen) atoms. The van der Waals surface area contributed by atoms with Crippen molar-refractivity contribution in [1.29, 1.82) is 5.26 Å². The van der Waals surface area contributed by atoms with E-state index in [0.717, 1.165) is 31.2 Å². The van der Waals surface area contributed by atoms with Crippen LogP contribution < -0.4 is 15.6 Å². The van der Waals surface area contributed by atoms with Crippen LogP contribution in [0.5, 0.6) is 5.75 Å². The van der Waals surface area contributed by atoms with Crippen molar-refractivity contribution in [2.75, 3.05) is 11.9 Å². The minimum atomic E-state index is -0.332. The molecular weight excluding hydrogens is 362 g/mol. The maximum Gasteiger partial charge on any atom is 0.293 e. The highest BCUT2D eigenvalue weighted by Crippen LogP contribution is 2.39. The third kappa shape index (κ3) is 4.22. The number of hydrogen-bond donors (Lipinski definition) is 1. The number of rotatable bonds is 6. The first kappa shape index (κ1) is 19.2. The summed E-state index contributed by atoms with van der Waals surface area (Å²) in [7, 11) is 0. The van der Waals surface area contributed by atoms with Gasteiger partial charge in [-0.3, -0.25) is 9.59 Å². The Hall–Kier alpha value is -2.59. The number of nitrogens with zero attached hydrogens (tertiary/aromatic N) is 2. The van der Waals surface area contributed by atoms with Gasteiger partial charge in [0.15, 0.2) is 5.75 Å². The number of hydrogen-bond acceptors (Lipinski definition) is 5. The van der Waals surface area contributed by atoms with Crippen LogP contribution in [0.1, 0.15) is 42.7 Å². The van der Waals surface area contributed by atoms with Crippen LogP contribution in [0.15, 0.2) is 23.1 Å². The van der Waals surface area contributed by atoms with Crippen molar-refractivity contribution in [1.82, 2.24) is 4.57 Å². The van der Waals surface area contributed by atoms with Crippen LogP contribution in [0.2, 0.25) is 0 Å². The van der Waals surface area contributed by atoms with Crippen LogP contribution >= 0.6 is 11.3 Å². The number of amides is 1. The number of ether oxygens (including phenoxy) is 1. The van der Waals surface area contributed by atoms with Crippen molar-refractivity contribution in [2.45, 2.75) is 46.1 Å². The molecule has 142 valence electrons. The van der Waals surface area contributed by atoms with Crippen LogP contribution in [0.3, 0.4) is 0 Å². The number of carbonyl (C=O) groups excluding carboxylic acids is 1. The molecule has 0 fully saturated rings. The topological polar surface area (TPSA) is 84.1 Å². The van der Waals surface area contributed by atoms with E-state index in [1.54, 1.807) is 18.3 Å². The zero-order chi connectivity index (χ0) is 19.4. The minimum absolute atomic E-state index is 0.119. The molecule has 6 nitrogen and oxygen atoms in total. The normalized spacial score (nSPS) is 15.7. The van der Waals surface area contributed by atoms with Crippen molar-refractivity contribution in [2.24, 2.45) is 5.92 Å². The van der Waals surface area contributed by atoms with Crippen LogP contribution in [0.4, 0.5) is 5.00 Å². The highest BCUT2D eigenvalue weighted by molar-refractivity contribution is 7.16. The van der Waals surface area contributed by atoms with Gasteiger partial charge in [0.25, 0.3) is 5.56 Å². The number of nitrogens with one attached hydrogen (secondary N) is 1. The molecule has 0 aliphatic heterocycles. The smallest absolute Gasteiger partial charge is 0.293 e. The third-order valence-corrected chi connectivity index (χ3v) is 5.81. The first-order valence-corrected chi connectivity index (χ1v) is 10.0. The van der Waals surface area contributed by atoms with Gasteiger partial charge in [0.05, 0.1) is 12.2 Å². The summed E-state index contributed by atoms with van der Waals surface area (Å²) < 4.78 is 6.74. The summed E-state index contributed by atoms with van der Waals surface area (Å²) in [6, 6.07) is 5.53. The van der Waals surface area contributed by atoms with Gasteiger partial charge >= 0.3 is 0 Å². The van der Waals surface area contributed by atoms with Crippen molar-refractivity contribution < 1.29 is 9.53 Å². The molecule has 1 atom stereocenters. The first-order valence-electron chi connectivity index (χ1n) is 9.20. The molecule has 2 aromatic rings. The SMILES string of the molecule is CCCOc1cccn(CC(=O)Nc2sc3c(c2C#N)CCC(C)C3)c1=O. The predicted molar refractivity (Wildman–Crippen MR) is 105 cm³/mol. The van der Waals surface area contributed by atoms with Gasteiger partial charge < -0.3 is 14.6 Å². The quantitative estimate of drug-likeness (QED) is 0.827. The van der Waals surface area contributed by atoms with Crippen LogP contribution in [-0.4, -0.2) is 17.1 Å². The average molecular weight is 385 g/mol. The van der Waals surface area contributed by atoms with Gasteiger partial charge in [0.2, 0.25) is 5.91 Å². The molecule has 2 aromatic heterocycles. The fourth-order valence-corrected chi connectivity index (χ4v) is 4.62. The van der Waals surface area contributed by atoms with Crippen LogP contribution in [0, 0.1) is 17.2 Å². The maximum atomic E-state index is 12.5. The Morgan fingerprint density at radius 1 is 1.52 bits per heavy atom. The lowest BCUT2D eigenvalue weighted by atomic mass is 9.89. The first-order chi connectivity index (χ1) is 13.0. The summed E-state index contributed by atoms with van der Waals surface area (Å²) in [6.07, 6.45) is 5.25. The van der Waals surface area contributed by atoms with Crippen molar-refractivity contribution in [3.05, 3.63) is 44.7 Å². The van der Waals surface area contributed by atoms with Gasteiger partial charge in [-0.15, -0.1) is 11.3 Å². The number of fused-ring (bicyclic) bond motifs is 1. The van der Waals surface area contributed by atoms with Crippen molar-refractivity contribution in [3.63, 3.8) is 0 Å². The Balaban J connectivity index is 1.76. The Morgan fingerprint density at radius 2 is 2.33 bits per heavy atom. The molecule has 1 N–H and O–H groups in total. The lowest BCUT2D eigenvalue weighted by Gasteiger charge is -2.17. The summed E-state index contributed by atoms with van der Waals surface area (Å²) in [5.74, 6) is 0.508. The molecule has 3 rings (SSSR count). The molecule has 0 saturated heterocycles. The molecule has 1 unspecified atom stereocenters. The van der Waals surface area contributed by atoms with Crippen LogP contribution in [-0.2, 0) is 24.2 Å². The van der Waals surface area contributed by atoms with E-state index < -0.39 is 0 Å². The second kappa shape index (κ2) is 8.40. The van der Waals surface area contributed by atoms with E-state index in [0.29, 0.717) is 23.1 Å². The van der Waals surface area contributed by atoms with Crippen molar-refractivity contribution >= 4 is 22.2 Å². The highest BCUT2D eigenvalue weighted by Gasteiger charge is 2.24. The zero-order valence-corrected chi connectivity index (χ0v) is 16.4. The lowest BCUT2D eigenvalue weighted by molar-refractivity contribution is -0.116. The van der Waals surface area contributed by atoms with E-state index in [4.69, 9.17) is 4.74 Å². The number of pyridine rings is 1. The molecule has 0 saturated carbocycles. The molecule has 0 radical (unpaired) electrons. The summed E-state index contributed by atoms with van der Waals surface area (Å²) in [5, 5.41) is 12.9. The summed E-state index contributed by atoms with van der Waals surface area (Å²) in [4.78, 5) is 26.1.